The molecule has 1 saturated heterocycles. The van der Waals surface area contributed by atoms with Crippen LogP contribution in [0.25, 0.3) is 0 Å². The van der Waals surface area contributed by atoms with Gasteiger partial charge in [-0.1, -0.05) is 44.2 Å². The van der Waals surface area contributed by atoms with Gasteiger partial charge in [-0.2, -0.15) is 4.31 Å². The van der Waals surface area contributed by atoms with Crippen molar-refractivity contribution in [3.05, 3.63) is 60.2 Å². The number of carbonyl (C=O) groups is 1. The zero-order valence-electron chi connectivity index (χ0n) is 20.2. The van der Waals surface area contributed by atoms with E-state index in [2.05, 4.69) is 5.32 Å². The molecule has 1 aliphatic rings. The summed E-state index contributed by atoms with van der Waals surface area (Å²) in [5, 5.41) is 13.9. The number of aliphatic hydroxyl groups is 1. The number of hydrogen-bond donors (Lipinski definition) is 3. The summed E-state index contributed by atoms with van der Waals surface area (Å²) in [6, 6.07) is 14.6. The van der Waals surface area contributed by atoms with Crippen LogP contribution in [0.15, 0.2) is 59.5 Å². The van der Waals surface area contributed by atoms with Crippen LogP contribution in [0, 0.1) is 5.92 Å². The summed E-state index contributed by atoms with van der Waals surface area (Å²) in [5.74, 6) is 0.0126. The van der Waals surface area contributed by atoms with Crippen LogP contribution in [0.5, 0.6) is 0 Å². The second kappa shape index (κ2) is 12.3. The lowest BCUT2D eigenvalue weighted by Crippen LogP contribution is -2.51. The number of nitrogens with one attached hydrogen (secondary N) is 1. The third-order valence-electron chi connectivity index (χ3n) is 5.71. The Morgan fingerprint density at radius 1 is 1.17 bits per heavy atom. The number of nitrogens with zero attached hydrogens (tertiary/aromatic N) is 1. The van der Waals surface area contributed by atoms with E-state index < -0.39 is 28.3 Å². The first-order chi connectivity index (χ1) is 16.6. The number of hydrogen-bond acceptors (Lipinski definition) is 7. The maximum atomic E-state index is 13.4. The molecule has 35 heavy (non-hydrogen) atoms. The molecule has 0 saturated carbocycles. The van der Waals surface area contributed by atoms with Crippen molar-refractivity contribution in [2.75, 3.05) is 32.0 Å². The smallest absolute Gasteiger partial charge is 0.407 e. The van der Waals surface area contributed by atoms with Gasteiger partial charge >= 0.3 is 6.09 Å². The largest absolute Gasteiger partial charge is 0.444 e. The third-order valence-corrected chi connectivity index (χ3v) is 7.55. The molecule has 10 heteroatoms. The maximum absolute atomic E-state index is 13.4. The Morgan fingerprint density at radius 2 is 1.86 bits per heavy atom. The summed E-state index contributed by atoms with van der Waals surface area (Å²) in [5.41, 5.74) is 7.06. The van der Waals surface area contributed by atoms with Gasteiger partial charge in [-0.05, 0) is 42.2 Å². The van der Waals surface area contributed by atoms with Crippen molar-refractivity contribution in [2.45, 2.75) is 49.8 Å². The van der Waals surface area contributed by atoms with Crippen molar-refractivity contribution in [2.24, 2.45) is 5.92 Å². The van der Waals surface area contributed by atoms with Gasteiger partial charge in [0.15, 0.2) is 0 Å². The lowest BCUT2D eigenvalue weighted by atomic mass is 10.0. The number of carbonyl (C=O) groups excluding carboxylic acids is 1. The molecule has 192 valence electrons. The van der Waals surface area contributed by atoms with Gasteiger partial charge in [-0.25, -0.2) is 13.2 Å². The second-order valence-electron chi connectivity index (χ2n) is 9.18. The van der Waals surface area contributed by atoms with E-state index in [9.17, 15) is 18.3 Å². The molecule has 0 aliphatic carbocycles. The monoisotopic (exact) mass is 505 g/mol. The van der Waals surface area contributed by atoms with E-state index in [0.717, 1.165) is 5.56 Å². The highest BCUT2D eigenvalue weighted by Gasteiger charge is 2.32. The molecule has 1 fully saturated rings. The van der Waals surface area contributed by atoms with Crippen LogP contribution in [0.1, 0.15) is 25.8 Å². The standard InChI is InChI=1S/C25H35N3O6S/c1-18(2)15-28(35(31,32)22-10-8-20(26)9-11-22)16-24(29)23(14-19-6-4-3-5-7-19)27-25(30)34-21-12-13-33-17-21/h3-11,18,21,23-24,29H,12-17,26H2,1-2H3,(H,27,30)/t21-,23-,24+/m1/s1. The third kappa shape index (κ3) is 7.93. The van der Waals surface area contributed by atoms with Crippen LogP contribution in [0.2, 0.25) is 0 Å². The molecule has 0 unspecified atom stereocenters. The second-order valence-corrected chi connectivity index (χ2v) is 11.1. The Morgan fingerprint density at radius 3 is 2.46 bits per heavy atom. The summed E-state index contributed by atoms with van der Waals surface area (Å²) in [6.07, 6.45) is -1.29. The fourth-order valence-electron chi connectivity index (χ4n) is 3.90. The molecule has 2 aromatic carbocycles. The van der Waals surface area contributed by atoms with Gasteiger partial charge in [0.05, 0.1) is 30.3 Å². The molecule has 3 rings (SSSR count). The number of sulfonamides is 1. The van der Waals surface area contributed by atoms with Crippen LogP contribution in [0.3, 0.4) is 0 Å². The normalized spacial score (nSPS) is 17.9. The topological polar surface area (TPSA) is 131 Å². The fourth-order valence-corrected chi connectivity index (χ4v) is 5.52. The Bertz CT molecular complexity index is 1040. The van der Waals surface area contributed by atoms with E-state index in [-0.39, 0.29) is 30.0 Å². The zero-order valence-corrected chi connectivity index (χ0v) is 21.0. The van der Waals surface area contributed by atoms with Crippen LogP contribution >= 0.6 is 0 Å². The number of aliphatic hydroxyl groups excluding tert-OH is 1. The summed E-state index contributed by atoms with van der Waals surface area (Å²) in [7, 11) is -3.90. The van der Waals surface area contributed by atoms with Crippen molar-refractivity contribution in [1.29, 1.82) is 0 Å². The highest BCUT2D eigenvalue weighted by Crippen LogP contribution is 2.20. The molecule has 0 aromatic heterocycles. The quantitative estimate of drug-likeness (QED) is 0.400. The minimum atomic E-state index is -3.90. The van der Waals surface area contributed by atoms with Crippen LogP contribution in [-0.4, -0.2) is 68.5 Å². The number of alkyl carbamates (subject to hydrolysis) is 1. The molecular weight excluding hydrogens is 470 g/mol. The lowest BCUT2D eigenvalue weighted by Gasteiger charge is -2.30. The van der Waals surface area contributed by atoms with E-state index in [4.69, 9.17) is 15.2 Å². The molecule has 4 N–H and O–H groups in total. The minimum Gasteiger partial charge on any atom is -0.444 e. The van der Waals surface area contributed by atoms with E-state index >= 15 is 0 Å². The maximum Gasteiger partial charge on any atom is 0.407 e. The predicted octanol–water partition coefficient (Wildman–Crippen LogP) is 2.40. The van der Waals surface area contributed by atoms with Gasteiger partial charge in [0, 0.05) is 25.2 Å². The van der Waals surface area contributed by atoms with Crippen LogP contribution in [-0.2, 0) is 25.9 Å². The van der Waals surface area contributed by atoms with E-state index in [1.165, 1.54) is 28.6 Å². The first kappa shape index (κ1) is 26.9. The molecule has 2 aromatic rings. The number of ether oxygens (including phenoxy) is 2. The summed E-state index contributed by atoms with van der Waals surface area (Å²) in [6.45, 7) is 4.67. The predicted molar refractivity (Wildman–Crippen MR) is 133 cm³/mol. The van der Waals surface area contributed by atoms with Crippen molar-refractivity contribution in [1.82, 2.24) is 9.62 Å². The average Bonchev–Trinajstić information content (AvgIpc) is 3.31. The Kier molecular flexibility index (Phi) is 9.50. The summed E-state index contributed by atoms with van der Waals surface area (Å²) in [4.78, 5) is 12.7. The van der Waals surface area contributed by atoms with Crippen molar-refractivity contribution < 1.29 is 27.8 Å². The number of rotatable bonds is 11. The molecule has 3 atom stereocenters. The molecule has 1 aliphatic heterocycles. The van der Waals surface area contributed by atoms with Gasteiger partial charge in [-0.15, -0.1) is 0 Å². The Hall–Kier alpha value is -2.66. The van der Waals surface area contributed by atoms with E-state index in [1.54, 1.807) is 0 Å². The number of nitrogens with two attached hydrogens (primary N) is 1. The van der Waals surface area contributed by atoms with E-state index in [1.807, 2.05) is 44.2 Å². The zero-order chi connectivity index (χ0) is 25.4. The Labute approximate surface area is 207 Å². The number of benzene rings is 2. The molecule has 0 bridgehead atoms. The molecular formula is C25H35N3O6S. The number of amides is 1. The number of nitrogen functional groups attached to an aromatic ring is 1. The molecule has 1 amide bonds. The van der Waals surface area contributed by atoms with Crippen molar-refractivity contribution in [3.8, 4) is 0 Å². The molecule has 1 heterocycles. The molecule has 9 nitrogen and oxygen atoms in total. The van der Waals surface area contributed by atoms with Crippen LogP contribution in [0.4, 0.5) is 10.5 Å². The highest BCUT2D eigenvalue weighted by atomic mass is 32.2. The lowest BCUT2D eigenvalue weighted by molar-refractivity contribution is 0.0644. The van der Waals surface area contributed by atoms with Gasteiger partial charge < -0.3 is 25.6 Å². The van der Waals surface area contributed by atoms with Gasteiger partial charge in [0.1, 0.15) is 6.10 Å². The van der Waals surface area contributed by atoms with Crippen LogP contribution < -0.4 is 11.1 Å². The summed E-state index contributed by atoms with van der Waals surface area (Å²) < 4.78 is 38.7. The van der Waals surface area contributed by atoms with Crippen molar-refractivity contribution in [3.63, 3.8) is 0 Å². The van der Waals surface area contributed by atoms with E-state index in [0.29, 0.717) is 31.7 Å². The molecule has 0 radical (unpaired) electrons. The van der Waals surface area contributed by atoms with Gasteiger partial charge in [0.2, 0.25) is 10.0 Å². The van der Waals surface area contributed by atoms with Gasteiger partial charge in [0.25, 0.3) is 0 Å². The summed E-state index contributed by atoms with van der Waals surface area (Å²) >= 11 is 0. The highest BCUT2D eigenvalue weighted by molar-refractivity contribution is 7.89. The average molecular weight is 506 g/mol. The first-order valence-corrected chi connectivity index (χ1v) is 13.2. The minimum absolute atomic E-state index is 0.0126. The fraction of sp³-hybridized carbons (Fsp3) is 0.480. The SMILES string of the molecule is CC(C)CN(C[C@H](O)[C@@H](Cc1ccccc1)NC(=O)O[C@@H]1CCOC1)S(=O)(=O)c1ccc(N)cc1. The number of anilines is 1. The molecule has 0 spiro atoms. The first-order valence-electron chi connectivity index (χ1n) is 11.8. The van der Waals surface area contributed by atoms with Crippen molar-refractivity contribution >= 4 is 21.8 Å². The van der Waals surface area contributed by atoms with Gasteiger partial charge in [-0.3, -0.25) is 0 Å². The Balaban J connectivity index is 1.80.